The summed E-state index contributed by atoms with van der Waals surface area (Å²) < 4.78 is 4.72. The highest BCUT2D eigenvalue weighted by Crippen LogP contribution is 1.93. The first-order chi connectivity index (χ1) is 7.20. The van der Waals surface area contributed by atoms with Crippen LogP contribution in [0.1, 0.15) is 32.6 Å². The first kappa shape index (κ1) is 13.9. The third kappa shape index (κ3) is 9.21. The van der Waals surface area contributed by atoms with Crippen LogP contribution in [0.25, 0.3) is 0 Å². The van der Waals surface area contributed by atoms with Gasteiger partial charge in [-0.25, -0.2) is 0 Å². The molecule has 1 amide bonds. The molecule has 0 aliphatic heterocycles. The van der Waals surface area contributed by atoms with Gasteiger partial charge >= 0.3 is 5.97 Å². The van der Waals surface area contributed by atoms with E-state index in [1.165, 1.54) is 0 Å². The van der Waals surface area contributed by atoms with E-state index in [1.807, 2.05) is 0 Å². The summed E-state index contributed by atoms with van der Waals surface area (Å²) in [5, 5.41) is 2.65. The van der Waals surface area contributed by atoms with Crippen molar-refractivity contribution in [1.29, 1.82) is 0 Å². The first-order valence-corrected chi connectivity index (χ1v) is 5.33. The molecule has 0 aliphatic carbocycles. The number of hydrogen-bond donors (Lipinski definition) is 2. The summed E-state index contributed by atoms with van der Waals surface area (Å²) in [6.45, 7) is 3.09. The molecule has 0 aromatic carbocycles. The molecule has 0 aromatic rings. The van der Waals surface area contributed by atoms with Crippen LogP contribution in [0.15, 0.2) is 0 Å². The second-order valence-corrected chi connectivity index (χ2v) is 3.15. The number of hydrogen-bond acceptors (Lipinski definition) is 4. The van der Waals surface area contributed by atoms with Gasteiger partial charge in [0.2, 0.25) is 5.91 Å². The van der Waals surface area contributed by atoms with Crippen molar-refractivity contribution in [3.63, 3.8) is 0 Å². The molecule has 88 valence electrons. The van der Waals surface area contributed by atoms with Gasteiger partial charge in [-0.15, -0.1) is 0 Å². The predicted molar refractivity (Wildman–Crippen MR) is 57.2 cm³/mol. The Hall–Kier alpha value is -1.10. The Morgan fingerprint density at radius 1 is 1.27 bits per heavy atom. The Morgan fingerprint density at radius 3 is 2.60 bits per heavy atom. The molecule has 0 unspecified atom stereocenters. The number of unbranched alkanes of at least 4 members (excludes halogenated alkanes) is 1. The molecule has 5 heteroatoms. The van der Waals surface area contributed by atoms with Crippen molar-refractivity contribution in [3.8, 4) is 0 Å². The van der Waals surface area contributed by atoms with Gasteiger partial charge in [-0.2, -0.15) is 0 Å². The minimum atomic E-state index is -0.278. The number of carbonyl (C=O) groups is 2. The zero-order valence-corrected chi connectivity index (χ0v) is 9.25. The monoisotopic (exact) mass is 216 g/mol. The van der Waals surface area contributed by atoms with Crippen molar-refractivity contribution in [2.24, 2.45) is 5.73 Å². The van der Waals surface area contributed by atoms with Crippen LogP contribution < -0.4 is 11.1 Å². The lowest BCUT2D eigenvalue weighted by molar-refractivity contribution is -0.143. The van der Waals surface area contributed by atoms with Gasteiger partial charge < -0.3 is 15.8 Å². The Morgan fingerprint density at radius 2 is 2.00 bits per heavy atom. The van der Waals surface area contributed by atoms with Gasteiger partial charge in [-0.1, -0.05) is 0 Å². The lowest BCUT2D eigenvalue weighted by Gasteiger charge is -2.04. The number of rotatable bonds is 8. The second-order valence-electron chi connectivity index (χ2n) is 3.15. The predicted octanol–water partition coefficient (Wildman–Crippen LogP) is 0.185. The van der Waals surface area contributed by atoms with E-state index in [2.05, 4.69) is 5.32 Å². The van der Waals surface area contributed by atoms with Crippen LogP contribution in [0.2, 0.25) is 0 Å². The van der Waals surface area contributed by atoms with Crippen LogP contribution in [0.4, 0.5) is 0 Å². The molecular weight excluding hydrogens is 196 g/mol. The highest BCUT2D eigenvalue weighted by Gasteiger charge is 2.03. The number of nitrogens with two attached hydrogens (primary N) is 1. The number of carbonyl (C=O) groups excluding carboxylic acids is 2. The smallest absolute Gasteiger partial charge is 0.307 e. The number of nitrogens with one attached hydrogen (secondary N) is 1. The summed E-state index contributed by atoms with van der Waals surface area (Å²) >= 11 is 0. The minimum Gasteiger partial charge on any atom is -0.466 e. The SMILES string of the molecule is CCOC(=O)CCNC(=O)CCCCN. The van der Waals surface area contributed by atoms with Crippen LogP contribution >= 0.6 is 0 Å². The van der Waals surface area contributed by atoms with Crippen LogP contribution in [0.3, 0.4) is 0 Å². The van der Waals surface area contributed by atoms with Crippen molar-refractivity contribution in [1.82, 2.24) is 5.32 Å². The van der Waals surface area contributed by atoms with Crippen molar-refractivity contribution < 1.29 is 14.3 Å². The molecule has 15 heavy (non-hydrogen) atoms. The highest BCUT2D eigenvalue weighted by molar-refractivity contribution is 5.76. The molecule has 0 saturated carbocycles. The average molecular weight is 216 g/mol. The van der Waals surface area contributed by atoms with Crippen LogP contribution in [0.5, 0.6) is 0 Å². The molecule has 0 spiro atoms. The maximum Gasteiger partial charge on any atom is 0.307 e. The fourth-order valence-electron chi connectivity index (χ4n) is 1.06. The molecule has 0 aromatic heterocycles. The van der Waals surface area contributed by atoms with E-state index < -0.39 is 0 Å². The van der Waals surface area contributed by atoms with Crippen molar-refractivity contribution in [3.05, 3.63) is 0 Å². The standard InChI is InChI=1S/C10H20N2O3/c1-2-15-10(14)6-8-12-9(13)5-3-4-7-11/h2-8,11H2,1H3,(H,12,13). The van der Waals surface area contributed by atoms with E-state index in [1.54, 1.807) is 6.92 Å². The molecule has 0 rings (SSSR count). The van der Waals surface area contributed by atoms with Crippen molar-refractivity contribution >= 4 is 11.9 Å². The average Bonchev–Trinajstić information content (AvgIpc) is 2.18. The molecular formula is C10H20N2O3. The van der Waals surface area contributed by atoms with Crippen molar-refractivity contribution in [2.75, 3.05) is 19.7 Å². The lowest BCUT2D eigenvalue weighted by atomic mass is 10.2. The zero-order valence-electron chi connectivity index (χ0n) is 9.25. The Bertz CT molecular complexity index is 195. The van der Waals surface area contributed by atoms with Gasteiger partial charge in [-0.05, 0) is 26.3 Å². The van der Waals surface area contributed by atoms with Gasteiger partial charge in [0.1, 0.15) is 0 Å². The van der Waals surface area contributed by atoms with E-state index >= 15 is 0 Å². The molecule has 0 radical (unpaired) electrons. The molecule has 0 atom stereocenters. The third-order valence-electron chi connectivity index (χ3n) is 1.81. The van der Waals surface area contributed by atoms with E-state index in [4.69, 9.17) is 10.5 Å². The van der Waals surface area contributed by atoms with E-state index in [0.29, 0.717) is 26.1 Å². The number of ether oxygens (including phenoxy) is 1. The summed E-state index contributed by atoms with van der Waals surface area (Å²) in [5.41, 5.74) is 5.30. The zero-order chi connectivity index (χ0) is 11.5. The second kappa shape index (κ2) is 9.45. The fraction of sp³-hybridized carbons (Fsp3) is 0.800. The van der Waals surface area contributed by atoms with E-state index in [0.717, 1.165) is 12.8 Å². The maximum absolute atomic E-state index is 11.2. The van der Waals surface area contributed by atoms with E-state index in [-0.39, 0.29) is 18.3 Å². The summed E-state index contributed by atoms with van der Waals surface area (Å²) in [6, 6.07) is 0. The Labute approximate surface area is 90.4 Å². The number of esters is 1. The van der Waals surface area contributed by atoms with Gasteiger partial charge in [0.25, 0.3) is 0 Å². The minimum absolute atomic E-state index is 0.0345. The quantitative estimate of drug-likeness (QED) is 0.448. The lowest BCUT2D eigenvalue weighted by Crippen LogP contribution is -2.26. The summed E-state index contributed by atoms with van der Waals surface area (Å²) in [5.74, 6) is -0.312. The Kier molecular flexibility index (Phi) is 8.76. The first-order valence-electron chi connectivity index (χ1n) is 5.33. The molecule has 0 aliphatic rings. The topological polar surface area (TPSA) is 81.4 Å². The summed E-state index contributed by atoms with van der Waals surface area (Å²) in [4.78, 5) is 22.0. The Balaban J connectivity index is 3.34. The number of amides is 1. The summed E-state index contributed by atoms with van der Waals surface area (Å²) in [7, 11) is 0. The molecule has 0 fully saturated rings. The fourth-order valence-corrected chi connectivity index (χ4v) is 1.06. The van der Waals surface area contributed by atoms with E-state index in [9.17, 15) is 9.59 Å². The van der Waals surface area contributed by atoms with Gasteiger partial charge in [0.15, 0.2) is 0 Å². The third-order valence-corrected chi connectivity index (χ3v) is 1.81. The molecule has 3 N–H and O–H groups in total. The van der Waals surface area contributed by atoms with Gasteiger partial charge in [0, 0.05) is 13.0 Å². The van der Waals surface area contributed by atoms with Crippen LogP contribution in [0, 0.1) is 0 Å². The van der Waals surface area contributed by atoms with Gasteiger partial charge in [-0.3, -0.25) is 9.59 Å². The van der Waals surface area contributed by atoms with Crippen LogP contribution in [-0.4, -0.2) is 31.6 Å². The molecule has 0 bridgehead atoms. The van der Waals surface area contributed by atoms with Crippen LogP contribution in [-0.2, 0) is 14.3 Å². The molecule has 0 saturated heterocycles. The van der Waals surface area contributed by atoms with Gasteiger partial charge in [0.05, 0.1) is 13.0 Å². The van der Waals surface area contributed by atoms with Crippen molar-refractivity contribution in [2.45, 2.75) is 32.6 Å². The highest BCUT2D eigenvalue weighted by atomic mass is 16.5. The summed E-state index contributed by atoms with van der Waals surface area (Å²) in [6.07, 6.45) is 2.35. The normalized spacial score (nSPS) is 9.73. The molecule has 0 heterocycles. The maximum atomic E-state index is 11.2. The largest absolute Gasteiger partial charge is 0.466 e. The molecule has 5 nitrogen and oxygen atoms in total.